The number of amides is 1. The summed E-state index contributed by atoms with van der Waals surface area (Å²) in [4.78, 5) is 23.6. The first-order valence-electron chi connectivity index (χ1n) is 6.78. The Bertz CT molecular complexity index is 607. The molecule has 1 amide bonds. The molecule has 2 rings (SSSR count). The van der Waals surface area contributed by atoms with Crippen molar-refractivity contribution in [3.63, 3.8) is 0 Å². The van der Waals surface area contributed by atoms with Gasteiger partial charge in [-0.3, -0.25) is 4.79 Å². The van der Waals surface area contributed by atoms with Crippen LogP contribution in [0.1, 0.15) is 33.0 Å². The van der Waals surface area contributed by atoms with E-state index >= 15 is 0 Å². The summed E-state index contributed by atoms with van der Waals surface area (Å²) < 4.78 is 0. The number of aromatic carboxylic acids is 1. The highest BCUT2D eigenvalue weighted by molar-refractivity contribution is 7.13. The van der Waals surface area contributed by atoms with Crippen molar-refractivity contribution in [2.24, 2.45) is 0 Å². The number of carbonyl (C=O) groups excluding carboxylic acids is 1. The molecule has 0 aliphatic heterocycles. The van der Waals surface area contributed by atoms with Gasteiger partial charge in [-0.15, -0.1) is 11.3 Å². The van der Waals surface area contributed by atoms with E-state index in [1.807, 2.05) is 18.2 Å². The Morgan fingerprint density at radius 3 is 2.52 bits per heavy atom. The zero-order chi connectivity index (χ0) is 15.1. The summed E-state index contributed by atoms with van der Waals surface area (Å²) >= 11 is 1.19. The zero-order valence-electron chi connectivity index (χ0n) is 11.5. The van der Waals surface area contributed by atoms with Crippen LogP contribution in [0.2, 0.25) is 0 Å². The van der Waals surface area contributed by atoms with E-state index in [4.69, 9.17) is 5.11 Å². The van der Waals surface area contributed by atoms with Crippen LogP contribution in [0.25, 0.3) is 0 Å². The molecule has 0 bridgehead atoms. The van der Waals surface area contributed by atoms with Crippen LogP contribution >= 0.6 is 11.3 Å². The average Bonchev–Trinajstić information content (AvgIpc) is 2.95. The first-order chi connectivity index (χ1) is 10.1. The lowest BCUT2D eigenvalue weighted by Gasteiger charge is -2.04. The molecule has 0 aliphatic rings. The second-order valence-corrected chi connectivity index (χ2v) is 5.86. The summed E-state index contributed by atoms with van der Waals surface area (Å²) in [5, 5.41) is 11.6. The van der Waals surface area contributed by atoms with Gasteiger partial charge in [0.15, 0.2) is 0 Å². The quantitative estimate of drug-likeness (QED) is 0.826. The van der Waals surface area contributed by atoms with Gasteiger partial charge in [0.25, 0.3) is 0 Å². The van der Waals surface area contributed by atoms with E-state index in [0.29, 0.717) is 17.8 Å². The number of thiophene rings is 1. The SMILES string of the molecule is O=C(CCCc1ccccc1)NCc1ccc(C(=O)O)s1. The molecule has 1 heterocycles. The molecule has 2 aromatic rings. The highest BCUT2D eigenvalue weighted by Crippen LogP contribution is 2.16. The minimum Gasteiger partial charge on any atom is -0.477 e. The summed E-state index contributed by atoms with van der Waals surface area (Å²) in [6, 6.07) is 13.4. The Labute approximate surface area is 127 Å². The van der Waals surface area contributed by atoms with E-state index < -0.39 is 5.97 Å². The van der Waals surface area contributed by atoms with Crippen LogP contribution in [0.5, 0.6) is 0 Å². The lowest BCUT2D eigenvalue weighted by Crippen LogP contribution is -2.21. The highest BCUT2D eigenvalue weighted by Gasteiger charge is 2.08. The molecule has 1 aromatic heterocycles. The standard InChI is InChI=1S/C16H17NO3S/c18-15(8-4-7-12-5-2-1-3-6-12)17-11-13-9-10-14(21-13)16(19)20/h1-3,5-6,9-10H,4,7-8,11H2,(H,17,18)(H,19,20). The van der Waals surface area contributed by atoms with Crippen molar-refractivity contribution in [1.29, 1.82) is 0 Å². The number of aryl methyl sites for hydroxylation is 1. The van der Waals surface area contributed by atoms with Gasteiger partial charge >= 0.3 is 5.97 Å². The van der Waals surface area contributed by atoms with Crippen molar-refractivity contribution < 1.29 is 14.7 Å². The van der Waals surface area contributed by atoms with Crippen LogP contribution in [0.4, 0.5) is 0 Å². The smallest absolute Gasteiger partial charge is 0.345 e. The number of hydrogen-bond acceptors (Lipinski definition) is 3. The molecule has 0 fully saturated rings. The molecule has 21 heavy (non-hydrogen) atoms. The van der Waals surface area contributed by atoms with E-state index in [9.17, 15) is 9.59 Å². The number of hydrogen-bond donors (Lipinski definition) is 2. The maximum Gasteiger partial charge on any atom is 0.345 e. The van der Waals surface area contributed by atoms with Crippen molar-refractivity contribution >= 4 is 23.2 Å². The number of carboxylic acid groups (broad SMARTS) is 1. The molecule has 0 saturated carbocycles. The average molecular weight is 303 g/mol. The predicted octanol–water partition coefficient (Wildman–Crippen LogP) is 3.09. The fourth-order valence-corrected chi connectivity index (χ4v) is 2.75. The third-order valence-electron chi connectivity index (χ3n) is 3.04. The molecule has 0 unspecified atom stereocenters. The first-order valence-corrected chi connectivity index (χ1v) is 7.59. The van der Waals surface area contributed by atoms with Gasteiger partial charge in [0.2, 0.25) is 5.91 Å². The van der Waals surface area contributed by atoms with Crippen molar-refractivity contribution in [2.45, 2.75) is 25.8 Å². The van der Waals surface area contributed by atoms with Crippen molar-refractivity contribution in [2.75, 3.05) is 0 Å². The number of rotatable bonds is 7. The molecular weight excluding hydrogens is 286 g/mol. The first kappa shape index (κ1) is 15.3. The Kier molecular flexibility index (Phi) is 5.51. The Morgan fingerprint density at radius 2 is 1.86 bits per heavy atom. The Morgan fingerprint density at radius 1 is 1.10 bits per heavy atom. The van der Waals surface area contributed by atoms with Crippen LogP contribution in [0, 0.1) is 0 Å². The van der Waals surface area contributed by atoms with Gasteiger partial charge in [-0.2, -0.15) is 0 Å². The highest BCUT2D eigenvalue weighted by atomic mass is 32.1. The van der Waals surface area contributed by atoms with Crippen molar-refractivity contribution in [3.05, 3.63) is 57.8 Å². The maximum atomic E-state index is 11.7. The monoisotopic (exact) mass is 303 g/mol. The molecule has 110 valence electrons. The van der Waals surface area contributed by atoms with Crippen LogP contribution in [0.15, 0.2) is 42.5 Å². The normalized spacial score (nSPS) is 10.3. The summed E-state index contributed by atoms with van der Waals surface area (Å²) in [5.74, 6) is -0.934. The second kappa shape index (κ2) is 7.59. The summed E-state index contributed by atoms with van der Waals surface area (Å²) in [5.41, 5.74) is 1.23. The van der Waals surface area contributed by atoms with Gasteiger partial charge in [0, 0.05) is 11.3 Å². The van der Waals surface area contributed by atoms with Crippen LogP contribution in [-0.2, 0) is 17.8 Å². The Balaban J connectivity index is 1.68. The van der Waals surface area contributed by atoms with Crippen molar-refractivity contribution in [3.8, 4) is 0 Å². The molecule has 0 spiro atoms. The number of benzene rings is 1. The van der Waals surface area contributed by atoms with Crippen LogP contribution < -0.4 is 5.32 Å². The zero-order valence-corrected chi connectivity index (χ0v) is 12.4. The topological polar surface area (TPSA) is 66.4 Å². The third-order valence-corrected chi connectivity index (χ3v) is 4.12. The summed E-state index contributed by atoms with van der Waals surface area (Å²) in [6.07, 6.45) is 2.17. The lowest BCUT2D eigenvalue weighted by molar-refractivity contribution is -0.121. The molecule has 2 N–H and O–H groups in total. The number of nitrogens with one attached hydrogen (secondary N) is 1. The maximum absolute atomic E-state index is 11.7. The summed E-state index contributed by atoms with van der Waals surface area (Å²) in [6.45, 7) is 0.391. The van der Waals surface area contributed by atoms with Gasteiger partial charge in [-0.25, -0.2) is 4.79 Å². The van der Waals surface area contributed by atoms with Crippen LogP contribution in [-0.4, -0.2) is 17.0 Å². The Hall–Kier alpha value is -2.14. The predicted molar refractivity (Wildman–Crippen MR) is 82.5 cm³/mol. The molecule has 1 aromatic carbocycles. The fourth-order valence-electron chi connectivity index (χ4n) is 1.96. The van der Waals surface area contributed by atoms with Gasteiger partial charge in [-0.1, -0.05) is 30.3 Å². The number of carboxylic acids is 1. The molecule has 0 atom stereocenters. The van der Waals surface area contributed by atoms with E-state index in [1.165, 1.54) is 16.9 Å². The van der Waals surface area contributed by atoms with E-state index in [-0.39, 0.29) is 5.91 Å². The number of carbonyl (C=O) groups is 2. The van der Waals surface area contributed by atoms with Gasteiger partial charge in [0.1, 0.15) is 4.88 Å². The molecule has 0 aliphatic carbocycles. The third kappa shape index (κ3) is 5.04. The summed E-state index contributed by atoms with van der Waals surface area (Å²) in [7, 11) is 0. The minimum atomic E-state index is -0.930. The van der Waals surface area contributed by atoms with Gasteiger partial charge < -0.3 is 10.4 Å². The second-order valence-electron chi connectivity index (χ2n) is 4.69. The lowest BCUT2D eigenvalue weighted by atomic mass is 10.1. The molecule has 0 radical (unpaired) electrons. The minimum absolute atomic E-state index is 0.00351. The van der Waals surface area contributed by atoms with Gasteiger partial charge in [0.05, 0.1) is 6.54 Å². The molecule has 5 heteroatoms. The molecular formula is C16H17NO3S. The van der Waals surface area contributed by atoms with Gasteiger partial charge in [-0.05, 0) is 30.5 Å². The van der Waals surface area contributed by atoms with E-state index in [2.05, 4.69) is 17.4 Å². The fraction of sp³-hybridized carbons (Fsp3) is 0.250. The van der Waals surface area contributed by atoms with E-state index in [0.717, 1.165) is 17.7 Å². The molecule has 4 nitrogen and oxygen atoms in total. The largest absolute Gasteiger partial charge is 0.477 e. The molecule has 0 saturated heterocycles. The van der Waals surface area contributed by atoms with Crippen LogP contribution in [0.3, 0.4) is 0 Å². The van der Waals surface area contributed by atoms with Crippen molar-refractivity contribution in [1.82, 2.24) is 5.32 Å². The van der Waals surface area contributed by atoms with E-state index in [1.54, 1.807) is 12.1 Å².